The fourth-order valence-corrected chi connectivity index (χ4v) is 2.71. The SMILES string of the molecule is CC(=O)c1cccc(NC(=O)C[NH+](C)CC(=O)Nc2cccc(C)c2C)c1. The number of Topliss-reactive ketones (excluding diaryl/α,β-unsaturated/α-hetero) is 1. The van der Waals surface area contributed by atoms with Gasteiger partial charge in [-0.05, 0) is 50.1 Å². The minimum Gasteiger partial charge on any atom is -0.322 e. The number of hydrogen-bond acceptors (Lipinski definition) is 3. The summed E-state index contributed by atoms with van der Waals surface area (Å²) in [5.41, 5.74) is 4.05. The van der Waals surface area contributed by atoms with E-state index in [0.717, 1.165) is 21.7 Å². The molecule has 0 saturated heterocycles. The number of benzene rings is 2. The second-order valence-electron chi connectivity index (χ2n) is 6.79. The van der Waals surface area contributed by atoms with Crippen LogP contribution in [-0.4, -0.2) is 37.7 Å². The molecule has 2 rings (SSSR count). The predicted octanol–water partition coefficient (Wildman–Crippen LogP) is 1.60. The van der Waals surface area contributed by atoms with E-state index in [0.29, 0.717) is 11.3 Å². The molecular formula is C21H26N3O3+. The summed E-state index contributed by atoms with van der Waals surface area (Å²) in [5.74, 6) is -0.419. The van der Waals surface area contributed by atoms with Gasteiger partial charge in [-0.15, -0.1) is 0 Å². The largest absolute Gasteiger partial charge is 0.322 e. The van der Waals surface area contributed by atoms with Gasteiger partial charge in [0.05, 0.1) is 7.05 Å². The lowest BCUT2D eigenvalue weighted by molar-refractivity contribution is -0.862. The third kappa shape index (κ3) is 6.04. The van der Waals surface area contributed by atoms with Gasteiger partial charge in [0.2, 0.25) is 0 Å². The van der Waals surface area contributed by atoms with E-state index in [9.17, 15) is 14.4 Å². The first-order valence-electron chi connectivity index (χ1n) is 8.84. The number of quaternary nitrogens is 1. The van der Waals surface area contributed by atoms with Gasteiger partial charge in [-0.2, -0.15) is 0 Å². The maximum absolute atomic E-state index is 12.2. The van der Waals surface area contributed by atoms with Crippen LogP contribution in [0.4, 0.5) is 11.4 Å². The number of nitrogens with one attached hydrogen (secondary N) is 3. The molecule has 0 fully saturated rings. The normalized spacial score (nSPS) is 11.6. The van der Waals surface area contributed by atoms with Crippen LogP contribution in [0.15, 0.2) is 42.5 Å². The van der Waals surface area contributed by atoms with Crippen LogP contribution in [0.1, 0.15) is 28.4 Å². The molecule has 0 aliphatic rings. The van der Waals surface area contributed by atoms with Gasteiger partial charge in [-0.1, -0.05) is 24.3 Å². The lowest BCUT2D eigenvalue weighted by Gasteiger charge is -2.15. The quantitative estimate of drug-likeness (QED) is 0.650. The lowest BCUT2D eigenvalue weighted by Crippen LogP contribution is -3.11. The maximum atomic E-state index is 12.2. The van der Waals surface area contributed by atoms with E-state index in [4.69, 9.17) is 0 Å². The summed E-state index contributed by atoms with van der Waals surface area (Å²) < 4.78 is 0. The standard InChI is InChI=1S/C21H25N3O3/c1-14-7-5-10-19(15(14)2)23-21(27)13-24(4)12-20(26)22-18-9-6-8-17(11-18)16(3)25/h5-11H,12-13H2,1-4H3,(H,22,26)(H,23,27)/p+1. The molecule has 1 atom stereocenters. The van der Waals surface area contributed by atoms with E-state index in [-0.39, 0.29) is 30.7 Å². The predicted molar refractivity (Wildman–Crippen MR) is 106 cm³/mol. The van der Waals surface area contributed by atoms with Crippen molar-refractivity contribution < 1.29 is 19.3 Å². The van der Waals surface area contributed by atoms with Crippen molar-refractivity contribution >= 4 is 29.0 Å². The molecule has 0 spiro atoms. The van der Waals surface area contributed by atoms with Crippen molar-refractivity contribution in [2.75, 3.05) is 30.8 Å². The smallest absolute Gasteiger partial charge is 0.279 e. The molecule has 6 heteroatoms. The molecule has 6 nitrogen and oxygen atoms in total. The fraction of sp³-hybridized carbons (Fsp3) is 0.286. The highest BCUT2D eigenvalue weighted by atomic mass is 16.2. The summed E-state index contributed by atoms with van der Waals surface area (Å²) in [7, 11) is 1.79. The van der Waals surface area contributed by atoms with E-state index >= 15 is 0 Å². The first kappa shape index (κ1) is 20.3. The maximum Gasteiger partial charge on any atom is 0.279 e. The van der Waals surface area contributed by atoms with Crippen LogP contribution in [0.5, 0.6) is 0 Å². The molecule has 0 saturated carbocycles. The van der Waals surface area contributed by atoms with E-state index in [2.05, 4.69) is 10.6 Å². The van der Waals surface area contributed by atoms with Crippen LogP contribution in [0.25, 0.3) is 0 Å². The first-order valence-corrected chi connectivity index (χ1v) is 8.84. The highest BCUT2D eigenvalue weighted by molar-refractivity contribution is 5.97. The number of rotatable bonds is 7. The summed E-state index contributed by atoms with van der Waals surface area (Å²) in [5, 5.41) is 5.66. The Morgan fingerprint density at radius 2 is 1.56 bits per heavy atom. The number of ketones is 1. The molecule has 0 bridgehead atoms. The molecule has 3 N–H and O–H groups in total. The summed E-state index contributed by atoms with van der Waals surface area (Å²) in [6.45, 7) is 5.75. The number of amides is 2. The van der Waals surface area contributed by atoms with E-state index in [1.807, 2.05) is 32.0 Å². The van der Waals surface area contributed by atoms with Crippen LogP contribution in [0.3, 0.4) is 0 Å². The fourth-order valence-electron chi connectivity index (χ4n) is 2.71. The van der Waals surface area contributed by atoms with Gasteiger partial charge in [0.1, 0.15) is 0 Å². The summed E-state index contributed by atoms with van der Waals surface area (Å²) in [4.78, 5) is 36.6. The van der Waals surface area contributed by atoms with Crippen molar-refractivity contribution in [3.8, 4) is 0 Å². The molecule has 0 radical (unpaired) electrons. The molecule has 0 heterocycles. The molecule has 2 aromatic rings. The van der Waals surface area contributed by atoms with Gasteiger partial charge >= 0.3 is 0 Å². The minimum absolute atomic E-state index is 0.0584. The van der Waals surface area contributed by atoms with Crippen LogP contribution in [-0.2, 0) is 9.59 Å². The second kappa shape index (κ2) is 9.09. The molecule has 1 unspecified atom stereocenters. The molecule has 27 heavy (non-hydrogen) atoms. The number of hydrogen-bond donors (Lipinski definition) is 3. The van der Waals surface area contributed by atoms with Crippen LogP contribution < -0.4 is 15.5 Å². The Labute approximate surface area is 159 Å². The van der Waals surface area contributed by atoms with Crippen molar-refractivity contribution in [1.82, 2.24) is 0 Å². The Morgan fingerprint density at radius 1 is 0.926 bits per heavy atom. The number of anilines is 2. The molecule has 0 aliphatic carbocycles. The van der Waals surface area contributed by atoms with Crippen LogP contribution >= 0.6 is 0 Å². The van der Waals surface area contributed by atoms with Crippen molar-refractivity contribution in [2.45, 2.75) is 20.8 Å². The van der Waals surface area contributed by atoms with Gasteiger partial charge in [-0.25, -0.2) is 0 Å². The monoisotopic (exact) mass is 368 g/mol. The Hall–Kier alpha value is -2.99. The summed E-state index contributed by atoms with van der Waals surface area (Å²) >= 11 is 0. The van der Waals surface area contributed by atoms with Gasteiger partial charge in [-0.3, -0.25) is 14.4 Å². The van der Waals surface area contributed by atoms with Crippen LogP contribution in [0.2, 0.25) is 0 Å². The highest BCUT2D eigenvalue weighted by Gasteiger charge is 2.15. The molecule has 0 aliphatic heterocycles. The summed E-state index contributed by atoms with van der Waals surface area (Å²) in [6.07, 6.45) is 0. The van der Waals surface area contributed by atoms with Gasteiger partial charge in [0, 0.05) is 16.9 Å². The molecule has 142 valence electrons. The Morgan fingerprint density at radius 3 is 2.22 bits per heavy atom. The van der Waals surface area contributed by atoms with E-state index in [1.165, 1.54) is 6.92 Å². The molecule has 2 aromatic carbocycles. The number of likely N-dealkylation sites (N-methyl/N-ethyl adjacent to an activating group) is 1. The average Bonchev–Trinajstić information content (AvgIpc) is 2.58. The minimum atomic E-state index is -0.215. The Balaban J connectivity index is 1.87. The van der Waals surface area contributed by atoms with E-state index in [1.54, 1.807) is 31.3 Å². The highest BCUT2D eigenvalue weighted by Crippen LogP contribution is 2.17. The third-order valence-corrected chi connectivity index (χ3v) is 4.36. The van der Waals surface area contributed by atoms with E-state index < -0.39 is 0 Å². The number of aryl methyl sites for hydroxylation is 1. The Bertz CT molecular complexity index is 862. The zero-order chi connectivity index (χ0) is 20.0. The lowest BCUT2D eigenvalue weighted by atomic mass is 10.1. The molecular weight excluding hydrogens is 342 g/mol. The topological polar surface area (TPSA) is 79.7 Å². The van der Waals surface area contributed by atoms with Crippen molar-refractivity contribution in [3.63, 3.8) is 0 Å². The average molecular weight is 368 g/mol. The van der Waals surface area contributed by atoms with Crippen molar-refractivity contribution in [2.24, 2.45) is 0 Å². The van der Waals surface area contributed by atoms with Crippen LogP contribution in [0, 0.1) is 13.8 Å². The van der Waals surface area contributed by atoms with Gasteiger partial charge < -0.3 is 15.5 Å². The molecule has 2 amide bonds. The number of carbonyl (C=O) groups excluding carboxylic acids is 3. The van der Waals surface area contributed by atoms with Gasteiger partial charge in [0.15, 0.2) is 18.9 Å². The van der Waals surface area contributed by atoms with Crippen molar-refractivity contribution in [3.05, 3.63) is 59.2 Å². The summed E-state index contributed by atoms with van der Waals surface area (Å²) in [6, 6.07) is 12.6. The van der Waals surface area contributed by atoms with Gasteiger partial charge in [0.25, 0.3) is 11.8 Å². The number of carbonyl (C=O) groups is 3. The molecule has 0 aromatic heterocycles. The first-order chi connectivity index (χ1) is 12.8. The zero-order valence-corrected chi connectivity index (χ0v) is 16.2. The third-order valence-electron chi connectivity index (χ3n) is 4.36. The second-order valence-corrected chi connectivity index (χ2v) is 6.79. The Kier molecular flexibility index (Phi) is 6.85. The zero-order valence-electron chi connectivity index (χ0n) is 16.2. The van der Waals surface area contributed by atoms with Crippen molar-refractivity contribution in [1.29, 1.82) is 0 Å².